The van der Waals surface area contributed by atoms with Crippen molar-refractivity contribution in [3.63, 3.8) is 0 Å². The Morgan fingerprint density at radius 1 is 0.405 bits per heavy atom. The number of aliphatic hydroxyl groups excluding tert-OH is 3. The van der Waals surface area contributed by atoms with Gasteiger partial charge in [-0.15, -0.1) is 0 Å². The second-order valence-electron chi connectivity index (χ2n) is 27.4. The molecule has 17 amide bonds. The van der Waals surface area contributed by atoms with Gasteiger partial charge in [0.1, 0.15) is 78.5 Å². The van der Waals surface area contributed by atoms with Crippen molar-refractivity contribution in [3.05, 3.63) is 35.9 Å². The van der Waals surface area contributed by atoms with Crippen molar-refractivity contribution < 1.29 is 107 Å². The van der Waals surface area contributed by atoms with Crippen LogP contribution in [-0.4, -0.2) is 262 Å². The average Bonchev–Trinajstić information content (AvgIpc) is 0.858. The van der Waals surface area contributed by atoms with Gasteiger partial charge in [-0.3, -0.25) is 81.5 Å². The number of hydrogen-bond acceptors (Lipinski definition) is 25. The molecule has 0 unspecified atom stereocenters. The van der Waals surface area contributed by atoms with Crippen molar-refractivity contribution in [2.24, 2.45) is 40.7 Å². The number of primary amides is 2. The van der Waals surface area contributed by atoms with Crippen molar-refractivity contribution in [2.45, 2.75) is 217 Å². The maximum Gasteiger partial charge on any atom is 0.326 e. The van der Waals surface area contributed by atoms with Gasteiger partial charge in [0.15, 0.2) is 0 Å². The molecule has 0 saturated carbocycles. The fraction of sp³-hybridized carbons (Fsp3) is 0.647. The lowest BCUT2D eigenvalue weighted by Gasteiger charge is -2.28. The fourth-order valence-corrected chi connectivity index (χ4v) is 10.8. The molecule has 0 fully saturated rings. The van der Waals surface area contributed by atoms with E-state index in [1.165, 1.54) is 13.8 Å². The Hall–Kier alpha value is -9.82. The highest BCUT2D eigenvalue weighted by Gasteiger charge is 2.38. The number of unbranched alkanes of at least 4 members (excludes halogenated alkanes) is 1. The summed E-state index contributed by atoms with van der Waals surface area (Å²) in [5.74, 6) is -19.8. The SMILES string of the molecule is CC(C)C[C@H](NC(=O)CNC(=O)[C@H](CCC(N)=O)NC(=O)[C@@H](N)CC(C)C)C(=O)N[C@H](C(=O)N[C@@H](CO)C(=O)N[C@@H](Cc1ccccc1)C(=O)N[C@@H](C)C(=O)NCC(=O)N[C@@H](CO)C(=O)N[C@@H](CS)C(=O)N[C@H](C(=O)N[C@@H](CS)C(=O)N[C@@H](C)C(=O)N[C@@H](CCC(N)=O)C(=O)N[C@@H](CCCCN)C(=O)O)[C@@H](C)O)C(C)C. The van der Waals surface area contributed by atoms with E-state index < -0.39 is 247 Å². The topological polar surface area (TPSA) is 673 Å². The highest BCUT2D eigenvalue weighted by atomic mass is 32.1. The summed E-state index contributed by atoms with van der Waals surface area (Å²) in [6, 6.07) is -12.9. The van der Waals surface area contributed by atoms with Crippen LogP contribution in [0, 0.1) is 17.8 Å². The van der Waals surface area contributed by atoms with Crippen LogP contribution in [0.1, 0.15) is 126 Å². The van der Waals surface area contributed by atoms with Crippen LogP contribution in [0.4, 0.5) is 0 Å². The molecule has 1 rings (SSSR count). The number of aliphatic hydroxyl groups is 3. The van der Waals surface area contributed by atoms with Crippen molar-refractivity contribution in [2.75, 3.05) is 44.4 Å². The minimum Gasteiger partial charge on any atom is -0.480 e. The van der Waals surface area contributed by atoms with Gasteiger partial charge in [0.2, 0.25) is 100 Å². The summed E-state index contributed by atoms with van der Waals surface area (Å²) in [7, 11) is 0. The monoisotopic (exact) mass is 1610 g/mol. The number of hydrogen-bond donors (Lipinski definition) is 25. The van der Waals surface area contributed by atoms with E-state index >= 15 is 0 Å². The van der Waals surface area contributed by atoms with Crippen LogP contribution >= 0.6 is 25.3 Å². The number of nitrogens with one attached hydrogen (secondary N) is 15. The third-order valence-electron chi connectivity index (χ3n) is 16.5. The third-order valence-corrected chi connectivity index (χ3v) is 17.2. The summed E-state index contributed by atoms with van der Waals surface area (Å²) in [6.45, 7) is 10.2. The predicted octanol–water partition coefficient (Wildman–Crippen LogP) is -9.15. The normalized spacial score (nSPS) is 15.2. The van der Waals surface area contributed by atoms with Crippen LogP contribution < -0.4 is 103 Å². The Labute approximate surface area is 653 Å². The van der Waals surface area contributed by atoms with Gasteiger partial charge < -0.3 is 123 Å². The van der Waals surface area contributed by atoms with E-state index in [1.807, 2.05) is 13.8 Å². The molecule has 0 saturated heterocycles. The maximum atomic E-state index is 14.0. The Morgan fingerprint density at radius 2 is 0.793 bits per heavy atom. The van der Waals surface area contributed by atoms with E-state index in [1.54, 1.807) is 58.0 Å². The molecule has 0 heterocycles. The lowest BCUT2D eigenvalue weighted by atomic mass is 9.99. The fourth-order valence-electron chi connectivity index (χ4n) is 10.2. The molecule has 0 aliphatic heterocycles. The molecule has 0 aliphatic carbocycles. The van der Waals surface area contributed by atoms with Gasteiger partial charge in [-0.2, -0.15) is 25.3 Å². The van der Waals surface area contributed by atoms with Crippen molar-refractivity contribution in [3.8, 4) is 0 Å². The number of rotatable bonds is 53. The van der Waals surface area contributed by atoms with Crippen LogP contribution in [0.5, 0.6) is 0 Å². The first-order valence-corrected chi connectivity index (χ1v) is 37.2. The molecular weight excluding hydrogens is 1500 g/mol. The van der Waals surface area contributed by atoms with Gasteiger partial charge in [0.25, 0.3) is 0 Å². The summed E-state index contributed by atoms with van der Waals surface area (Å²) in [6.07, 6.45) is -2.13. The van der Waals surface area contributed by atoms with Crippen LogP contribution in [0.15, 0.2) is 30.3 Å². The number of nitrogens with two attached hydrogens (primary N) is 4. The largest absolute Gasteiger partial charge is 0.480 e. The highest BCUT2D eigenvalue weighted by Crippen LogP contribution is 2.12. The molecule has 0 radical (unpaired) electrons. The van der Waals surface area contributed by atoms with E-state index in [0.717, 1.165) is 6.92 Å². The first-order valence-electron chi connectivity index (χ1n) is 35.9. The molecule has 15 atom stereocenters. The van der Waals surface area contributed by atoms with E-state index in [9.17, 15) is 107 Å². The number of thiol groups is 2. The predicted molar refractivity (Wildman–Crippen MR) is 405 cm³/mol. The molecule has 0 bridgehead atoms. The highest BCUT2D eigenvalue weighted by molar-refractivity contribution is 7.80. The Kier molecular flexibility index (Phi) is 46.1. The summed E-state index contributed by atoms with van der Waals surface area (Å²) in [4.78, 5) is 237. The van der Waals surface area contributed by atoms with Crippen LogP contribution in [0.3, 0.4) is 0 Å². The zero-order valence-corrected chi connectivity index (χ0v) is 65.4. The Morgan fingerprint density at radius 3 is 1.27 bits per heavy atom. The molecule has 0 aromatic heterocycles. The zero-order valence-electron chi connectivity index (χ0n) is 63.6. The Bertz CT molecular complexity index is 3340. The van der Waals surface area contributed by atoms with E-state index in [-0.39, 0.29) is 63.3 Å². The zero-order chi connectivity index (χ0) is 84.5. The first kappa shape index (κ1) is 99.2. The molecule has 0 spiro atoms. The van der Waals surface area contributed by atoms with Crippen LogP contribution in [0.2, 0.25) is 0 Å². The second kappa shape index (κ2) is 51.6. The molecule has 1 aromatic carbocycles. The number of amides is 17. The van der Waals surface area contributed by atoms with Gasteiger partial charge in [0.05, 0.1) is 38.4 Å². The third kappa shape index (κ3) is 38.1. The van der Waals surface area contributed by atoms with Gasteiger partial charge in [-0.25, -0.2) is 4.79 Å². The molecule has 111 heavy (non-hydrogen) atoms. The lowest BCUT2D eigenvalue weighted by molar-refractivity contribution is -0.142. The molecule has 0 aliphatic rings. The van der Waals surface area contributed by atoms with Crippen molar-refractivity contribution >= 4 is 132 Å². The lowest BCUT2D eigenvalue weighted by Crippen LogP contribution is -2.62. The number of benzene rings is 1. The van der Waals surface area contributed by atoms with E-state index in [0.29, 0.717) is 18.4 Å². The smallest absolute Gasteiger partial charge is 0.326 e. The number of carbonyl (C=O) groups is 18. The standard InChI is InChI=1S/C68H113N19O22S2/c1-32(2)23-39(70)57(97)80-40(18-20-49(71)91)58(98)74-27-51(93)77-43(24-33(3)4)61(101)86-53(34(5)6)66(106)83-46(29-89)63(103)82-44(25-38-15-11-10-12-16-38)60(100)75-35(7)55(95)73-26-52(94)78-45(28-88)62(102)84-48(31-111)65(105)87-54(37(9)90)67(107)85-47(30-110)64(104)76-36(8)56(96)79-41(19-21-50(72)92)59(99)81-42(68(108)109)17-13-14-22-69/h10-12,15-16,32-37,39-48,53-54,88-90,110-111H,13-14,17-31,69-70H2,1-9H3,(H2,71,91)(H2,72,92)(H,73,95)(H,74,98)(H,75,100)(H,76,104)(H,77,93)(H,78,94)(H,79,96)(H,80,97)(H,81,99)(H,82,103)(H,83,106)(H,84,102)(H,85,107)(H,86,101)(H,87,105)(H,108,109)/t35-,36-,37+,39-,40-,41-,42-,43-,44-,45-,46-,47-,48-,53-,54-/m0/s1. The van der Waals surface area contributed by atoms with Gasteiger partial charge in [-0.1, -0.05) is 71.9 Å². The van der Waals surface area contributed by atoms with Gasteiger partial charge in [0, 0.05) is 30.8 Å². The van der Waals surface area contributed by atoms with Crippen molar-refractivity contribution in [1.29, 1.82) is 0 Å². The molecular formula is C68H113N19O22S2. The summed E-state index contributed by atoms with van der Waals surface area (Å²) in [5, 5.41) is 76.0. The van der Waals surface area contributed by atoms with Gasteiger partial charge in [-0.05, 0) is 95.6 Å². The molecule has 41 nitrogen and oxygen atoms in total. The quantitative estimate of drug-likeness (QED) is 0.0213. The Balaban J connectivity index is 3.12. The van der Waals surface area contributed by atoms with Crippen LogP contribution in [-0.2, 0) is 92.7 Å². The average molecular weight is 1610 g/mol. The summed E-state index contributed by atoms with van der Waals surface area (Å²) < 4.78 is 0. The van der Waals surface area contributed by atoms with Crippen LogP contribution in [0.25, 0.3) is 0 Å². The number of carbonyl (C=O) groups excluding carboxylic acids is 17. The molecule has 43 heteroatoms. The summed E-state index contributed by atoms with van der Waals surface area (Å²) >= 11 is 8.18. The van der Waals surface area contributed by atoms with Gasteiger partial charge >= 0.3 is 5.97 Å². The molecule has 1 aromatic rings. The number of aliphatic carboxylic acids is 1. The molecule has 27 N–H and O–H groups in total. The molecule has 624 valence electrons. The number of carboxylic acid groups (broad SMARTS) is 1. The minimum absolute atomic E-state index is 0.00637. The van der Waals surface area contributed by atoms with Crippen molar-refractivity contribution in [1.82, 2.24) is 79.8 Å². The summed E-state index contributed by atoms with van der Waals surface area (Å²) in [5.41, 5.74) is 22.5. The van der Waals surface area contributed by atoms with E-state index in [2.05, 4.69) is 105 Å². The van der Waals surface area contributed by atoms with E-state index in [4.69, 9.17) is 22.9 Å². The second-order valence-corrected chi connectivity index (χ2v) is 28.2. The minimum atomic E-state index is -1.86. The first-order chi connectivity index (χ1) is 52.0. The number of carboxylic acids is 1. The maximum absolute atomic E-state index is 14.0.